The Hall–Kier alpha value is -2.29. The van der Waals surface area contributed by atoms with Gasteiger partial charge in [-0.15, -0.1) is 0 Å². The minimum absolute atomic E-state index is 0.286. The highest BCUT2D eigenvalue weighted by atomic mass is 16.4. The van der Waals surface area contributed by atoms with Crippen molar-refractivity contribution in [3.8, 4) is 0 Å². The number of anilines is 2. The summed E-state index contributed by atoms with van der Waals surface area (Å²) in [7, 11) is 0. The van der Waals surface area contributed by atoms with Crippen LogP contribution in [0.15, 0.2) is 48.5 Å². The van der Waals surface area contributed by atoms with E-state index in [4.69, 9.17) is 5.11 Å². The highest BCUT2D eigenvalue weighted by Gasteiger charge is 2.09. The second kappa shape index (κ2) is 4.70. The van der Waals surface area contributed by atoms with Crippen molar-refractivity contribution in [2.75, 3.05) is 5.32 Å². The lowest BCUT2D eigenvalue weighted by Gasteiger charge is -2.10. The van der Waals surface area contributed by atoms with Crippen LogP contribution in [0.2, 0.25) is 0 Å². The van der Waals surface area contributed by atoms with Crippen LogP contribution in [0.5, 0.6) is 0 Å². The minimum atomic E-state index is -0.924. The van der Waals surface area contributed by atoms with Gasteiger partial charge in [-0.1, -0.05) is 29.8 Å². The van der Waals surface area contributed by atoms with Gasteiger partial charge in [0.2, 0.25) is 0 Å². The van der Waals surface area contributed by atoms with E-state index >= 15 is 0 Å². The van der Waals surface area contributed by atoms with E-state index in [1.54, 1.807) is 12.1 Å². The number of carboxylic acid groups (broad SMARTS) is 1. The lowest BCUT2D eigenvalue weighted by Crippen LogP contribution is -2.03. The summed E-state index contributed by atoms with van der Waals surface area (Å²) in [4.78, 5) is 11.1. The van der Waals surface area contributed by atoms with Gasteiger partial charge in [-0.3, -0.25) is 0 Å². The quantitative estimate of drug-likeness (QED) is 0.844. The van der Waals surface area contributed by atoms with E-state index in [0.29, 0.717) is 5.69 Å². The number of benzene rings is 2. The van der Waals surface area contributed by atoms with Crippen LogP contribution in [-0.4, -0.2) is 11.1 Å². The molecule has 0 radical (unpaired) electrons. The van der Waals surface area contributed by atoms with E-state index in [0.717, 1.165) is 11.3 Å². The van der Waals surface area contributed by atoms with Gasteiger partial charge in [0.15, 0.2) is 0 Å². The number of hydrogen-bond acceptors (Lipinski definition) is 2. The largest absolute Gasteiger partial charge is 0.478 e. The zero-order chi connectivity index (χ0) is 12.3. The maximum Gasteiger partial charge on any atom is 0.337 e. The number of aryl methyl sites for hydroxylation is 1. The normalized spacial score (nSPS) is 9.94. The summed E-state index contributed by atoms with van der Waals surface area (Å²) in [6.45, 7) is 1.87. The van der Waals surface area contributed by atoms with Crippen LogP contribution in [0.25, 0.3) is 0 Å². The Morgan fingerprint density at radius 3 is 2.47 bits per heavy atom. The predicted octanol–water partition coefficient (Wildman–Crippen LogP) is 3.44. The van der Waals surface area contributed by atoms with Crippen LogP contribution < -0.4 is 5.32 Å². The van der Waals surface area contributed by atoms with E-state index in [9.17, 15) is 4.79 Å². The molecular formula is C14H13NO2. The number of carboxylic acids is 1. The maximum absolute atomic E-state index is 11.1. The van der Waals surface area contributed by atoms with Gasteiger partial charge in [0.1, 0.15) is 0 Å². The summed E-state index contributed by atoms with van der Waals surface area (Å²) in [5.74, 6) is -0.924. The van der Waals surface area contributed by atoms with E-state index in [1.165, 1.54) is 0 Å². The summed E-state index contributed by atoms with van der Waals surface area (Å²) in [5.41, 5.74) is 2.70. The first kappa shape index (κ1) is 11.2. The first-order valence-corrected chi connectivity index (χ1v) is 5.33. The van der Waals surface area contributed by atoms with Crippen molar-refractivity contribution in [3.63, 3.8) is 0 Å². The molecule has 0 spiro atoms. The maximum atomic E-state index is 11.1. The number of para-hydroxylation sites is 1. The fraction of sp³-hybridized carbons (Fsp3) is 0.0714. The fourth-order valence-corrected chi connectivity index (χ4v) is 1.62. The van der Waals surface area contributed by atoms with Crippen molar-refractivity contribution in [1.82, 2.24) is 0 Å². The SMILES string of the molecule is Cc1ccc(Nc2ccccc2)c(C(=O)O)c1. The standard InChI is InChI=1S/C14H13NO2/c1-10-7-8-13(12(9-10)14(16)17)15-11-5-3-2-4-6-11/h2-9,15H,1H3,(H,16,17). The molecule has 0 fully saturated rings. The smallest absolute Gasteiger partial charge is 0.337 e. The fourth-order valence-electron chi connectivity index (χ4n) is 1.62. The molecule has 2 rings (SSSR count). The van der Waals surface area contributed by atoms with Gasteiger partial charge in [-0.05, 0) is 31.2 Å². The van der Waals surface area contributed by atoms with Crippen LogP contribution in [0.4, 0.5) is 11.4 Å². The highest BCUT2D eigenvalue weighted by Crippen LogP contribution is 2.21. The van der Waals surface area contributed by atoms with Gasteiger partial charge in [0, 0.05) is 5.69 Å². The van der Waals surface area contributed by atoms with E-state index in [-0.39, 0.29) is 5.56 Å². The molecule has 3 nitrogen and oxygen atoms in total. The topological polar surface area (TPSA) is 49.3 Å². The lowest BCUT2D eigenvalue weighted by molar-refractivity contribution is 0.0698. The Morgan fingerprint density at radius 1 is 1.12 bits per heavy atom. The van der Waals surface area contributed by atoms with Gasteiger partial charge >= 0.3 is 5.97 Å². The molecule has 0 aliphatic rings. The average molecular weight is 227 g/mol. The highest BCUT2D eigenvalue weighted by molar-refractivity contribution is 5.95. The molecule has 0 aliphatic carbocycles. The third-order valence-corrected chi connectivity index (χ3v) is 2.46. The zero-order valence-corrected chi connectivity index (χ0v) is 9.47. The first-order valence-electron chi connectivity index (χ1n) is 5.33. The molecule has 0 atom stereocenters. The molecule has 2 N–H and O–H groups in total. The van der Waals surface area contributed by atoms with Crippen molar-refractivity contribution in [2.24, 2.45) is 0 Å². The van der Waals surface area contributed by atoms with Crippen molar-refractivity contribution >= 4 is 17.3 Å². The first-order chi connectivity index (χ1) is 8.16. The summed E-state index contributed by atoms with van der Waals surface area (Å²) >= 11 is 0. The Labute approximate surface area is 99.7 Å². The van der Waals surface area contributed by atoms with Crippen LogP contribution in [0.1, 0.15) is 15.9 Å². The monoisotopic (exact) mass is 227 g/mol. The van der Waals surface area contributed by atoms with Gasteiger partial charge < -0.3 is 10.4 Å². The van der Waals surface area contributed by atoms with Gasteiger partial charge in [-0.2, -0.15) is 0 Å². The molecule has 0 amide bonds. The number of aromatic carboxylic acids is 1. The van der Waals surface area contributed by atoms with Crippen LogP contribution in [0.3, 0.4) is 0 Å². The van der Waals surface area contributed by atoms with E-state index in [1.807, 2.05) is 43.3 Å². The van der Waals surface area contributed by atoms with Crippen molar-refractivity contribution in [3.05, 3.63) is 59.7 Å². The van der Waals surface area contributed by atoms with Gasteiger partial charge in [0.05, 0.1) is 11.3 Å². The van der Waals surface area contributed by atoms with Crippen LogP contribution in [-0.2, 0) is 0 Å². The van der Waals surface area contributed by atoms with Gasteiger partial charge in [-0.25, -0.2) is 4.79 Å². The van der Waals surface area contributed by atoms with Crippen molar-refractivity contribution in [1.29, 1.82) is 0 Å². The van der Waals surface area contributed by atoms with Crippen molar-refractivity contribution in [2.45, 2.75) is 6.92 Å². The molecule has 0 saturated carbocycles. The summed E-state index contributed by atoms with van der Waals surface area (Å²) in [6, 6.07) is 14.8. The van der Waals surface area contributed by atoms with E-state index < -0.39 is 5.97 Å². The number of rotatable bonds is 3. The average Bonchev–Trinajstić information content (AvgIpc) is 2.32. The lowest BCUT2D eigenvalue weighted by atomic mass is 10.1. The number of carbonyl (C=O) groups is 1. The molecule has 0 bridgehead atoms. The molecule has 0 heterocycles. The van der Waals surface area contributed by atoms with Gasteiger partial charge in [0.25, 0.3) is 0 Å². The molecule has 0 aromatic heterocycles. The van der Waals surface area contributed by atoms with E-state index in [2.05, 4.69) is 5.32 Å². The molecule has 0 unspecified atom stereocenters. The second-order valence-corrected chi connectivity index (χ2v) is 3.85. The zero-order valence-electron chi connectivity index (χ0n) is 9.47. The summed E-state index contributed by atoms with van der Waals surface area (Å²) in [5, 5.41) is 12.2. The van der Waals surface area contributed by atoms with Crippen LogP contribution in [0, 0.1) is 6.92 Å². The molecule has 3 heteroatoms. The minimum Gasteiger partial charge on any atom is -0.478 e. The molecule has 86 valence electrons. The molecular weight excluding hydrogens is 214 g/mol. The molecule has 2 aromatic carbocycles. The second-order valence-electron chi connectivity index (χ2n) is 3.85. The summed E-state index contributed by atoms with van der Waals surface area (Å²) < 4.78 is 0. The third kappa shape index (κ3) is 2.64. The molecule has 0 aliphatic heterocycles. The Kier molecular flexibility index (Phi) is 3.10. The Bertz CT molecular complexity index is 535. The molecule has 2 aromatic rings. The number of nitrogens with one attached hydrogen (secondary N) is 1. The summed E-state index contributed by atoms with van der Waals surface area (Å²) in [6.07, 6.45) is 0. The predicted molar refractivity (Wildman–Crippen MR) is 67.9 cm³/mol. The Balaban J connectivity index is 2.36. The molecule has 0 saturated heterocycles. The van der Waals surface area contributed by atoms with Crippen LogP contribution >= 0.6 is 0 Å². The number of hydrogen-bond donors (Lipinski definition) is 2. The Morgan fingerprint density at radius 2 is 1.82 bits per heavy atom. The third-order valence-electron chi connectivity index (χ3n) is 2.46. The molecule has 17 heavy (non-hydrogen) atoms. The van der Waals surface area contributed by atoms with Crippen molar-refractivity contribution < 1.29 is 9.90 Å².